The fraction of sp³-hybridized carbons (Fsp3) is 0.400. The number of benzene rings is 1. The molecule has 0 radical (unpaired) electrons. The Bertz CT molecular complexity index is 517. The molecule has 9 nitrogen and oxygen atoms in total. The summed E-state index contributed by atoms with van der Waals surface area (Å²) >= 11 is 0. The second-order valence-electron chi connectivity index (χ2n) is 4.67. The van der Waals surface area contributed by atoms with Crippen molar-refractivity contribution in [3.05, 3.63) is 35.4 Å². The number of amides is 1. The molecule has 6 N–H and O–H groups in total. The summed E-state index contributed by atoms with van der Waals surface area (Å²) in [5.41, 5.74) is 7.52. The molecular weight excluding hydrogens is 318 g/mol. The summed E-state index contributed by atoms with van der Waals surface area (Å²) in [5, 5.41) is 26.6. The topological polar surface area (TPSA) is 148 Å². The molecule has 24 heavy (non-hydrogen) atoms. The van der Waals surface area contributed by atoms with E-state index in [9.17, 15) is 4.79 Å². The van der Waals surface area contributed by atoms with Gasteiger partial charge in [0.25, 0.3) is 5.91 Å². The summed E-state index contributed by atoms with van der Waals surface area (Å²) in [6.45, 7) is 2.59. The summed E-state index contributed by atoms with van der Waals surface area (Å²) in [7, 11) is 1.81. The Morgan fingerprint density at radius 3 is 2.00 bits per heavy atom. The first kappa shape index (κ1) is 21.5. The van der Waals surface area contributed by atoms with Gasteiger partial charge >= 0.3 is 11.9 Å². The van der Waals surface area contributed by atoms with E-state index in [1.807, 2.05) is 26.1 Å². The average molecular weight is 341 g/mol. The number of aliphatic hydroxyl groups excluding tert-OH is 1. The normalized spacial score (nSPS) is 11.0. The van der Waals surface area contributed by atoms with Gasteiger partial charge in [-0.15, -0.1) is 0 Å². The third kappa shape index (κ3) is 8.83. The third-order valence-corrected chi connectivity index (χ3v) is 2.92. The number of carbonyl (C=O) groups is 3. The van der Waals surface area contributed by atoms with E-state index >= 15 is 0 Å². The molecule has 0 aliphatic carbocycles. The lowest BCUT2D eigenvalue weighted by atomic mass is 10.1. The number of hydrogen-bond acceptors (Lipinski definition) is 6. The monoisotopic (exact) mass is 341 g/mol. The Hall–Kier alpha value is -2.49. The average Bonchev–Trinajstić information content (AvgIpc) is 2.58. The highest BCUT2D eigenvalue weighted by Gasteiger charge is 2.10. The lowest BCUT2D eigenvalue weighted by Gasteiger charge is -2.14. The lowest BCUT2D eigenvalue weighted by Crippen LogP contribution is -2.36. The highest BCUT2D eigenvalue weighted by Crippen LogP contribution is 2.05. The van der Waals surface area contributed by atoms with Crippen LogP contribution in [0.15, 0.2) is 24.3 Å². The summed E-state index contributed by atoms with van der Waals surface area (Å²) in [6, 6.07) is 7.19. The van der Waals surface area contributed by atoms with Gasteiger partial charge in [0.15, 0.2) is 0 Å². The molecule has 1 aromatic rings. The molecule has 0 aliphatic heterocycles. The second-order valence-corrected chi connectivity index (χ2v) is 4.67. The minimum absolute atomic E-state index is 0.0353. The first-order chi connectivity index (χ1) is 11.3. The molecule has 1 unspecified atom stereocenters. The van der Waals surface area contributed by atoms with Crippen molar-refractivity contribution in [2.45, 2.75) is 25.9 Å². The van der Waals surface area contributed by atoms with Crippen LogP contribution >= 0.6 is 0 Å². The molecule has 0 bridgehead atoms. The van der Waals surface area contributed by atoms with Crippen molar-refractivity contribution < 1.29 is 29.7 Å². The van der Waals surface area contributed by atoms with Crippen LogP contribution in [0.4, 0.5) is 0 Å². The van der Waals surface area contributed by atoms with Crippen LogP contribution in [0.1, 0.15) is 29.3 Å². The number of aliphatic carboxylic acids is 2. The number of carboxylic acid groups (broad SMARTS) is 2. The standard InChI is InChI=1S/C13H21N3O2.C2H2O4/c1-3-12(9-17)16-13(18)11-6-4-10(5-7-11)8-15-14-2;3-1(4)2(5)6/h4-7,12,14-15,17H,3,8-9H2,1-2H3,(H,16,18);(H,3,4)(H,5,6). The zero-order chi connectivity index (χ0) is 18.5. The predicted octanol–water partition coefficient (Wildman–Crippen LogP) is -0.433. The van der Waals surface area contributed by atoms with Crippen LogP contribution in [0.2, 0.25) is 0 Å². The Balaban J connectivity index is 0.000000754. The van der Waals surface area contributed by atoms with E-state index in [0.717, 1.165) is 5.56 Å². The molecule has 0 aromatic heterocycles. The van der Waals surface area contributed by atoms with Crippen LogP contribution in [-0.2, 0) is 16.1 Å². The van der Waals surface area contributed by atoms with Gasteiger partial charge in [-0.1, -0.05) is 19.1 Å². The van der Waals surface area contributed by atoms with Crippen LogP contribution in [0.25, 0.3) is 0 Å². The number of nitrogens with one attached hydrogen (secondary N) is 3. The quantitative estimate of drug-likeness (QED) is 0.289. The van der Waals surface area contributed by atoms with Crippen molar-refractivity contribution in [3.8, 4) is 0 Å². The Labute approximate surface area is 139 Å². The van der Waals surface area contributed by atoms with Gasteiger partial charge in [0.1, 0.15) is 0 Å². The molecule has 134 valence electrons. The predicted molar refractivity (Wildman–Crippen MR) is 86.2 cm³/mol. The first-order valence-electron chi connectivity index (χ1n) is 7.22. The van der Waals surface area contributed by atoms with E-state index in [1.165, 1.54) is 0 Å². The Morgan fingerprint density at radius 2 is 1.62 bits per heavy atom. The van der Waals surface area contributed by atoms with Gasteiger partial charge in [0.05, 0.1) is 12.6 Å². The van der Waals surface area contributed by atoms with Crippen molar-refractivity contribution in [2.75, 3.05) is 13.7 Å². The summed E-state index contributed by atoms with van der Waals surface area (Å²) in [6.07, 6.45) is 0.715. The van der Waals surface area contributed by atoms with E-state index in [1.54, 1.807) is 12.1 Å². The molecule has 0 fully saturated rings. The molecule has 0 aliphatic rings. The lowest BCUT2D eigenvalue weighted by molar-refractivity contribution is -0.159. The van der Waals surface area contributed by atoms with Gasteiger partial charge < -0.3 is 20.6 Å². The van der Waals surface area contributed by atoms with E-state index in [2.05, 4.69) is 16.2 Å². The molecule has 0 heterocycles. The largest absolute Gasteiger partial charge is 0.473 e. The van der Waals surface area contributed by atoms with Crippen molar-refractivity contribution >= 4 is 17.8 Å². The van der Waals surface area contributed by atoms with Gasteiger partial charge in [-0.2, -0.15) is 0 Å². The molecule has 1 amide bonds. The molecule has 1 atom stereocenters. The number of carboxylic acids is 2. The zero-order valence-corrected chi connectivity index (χ0v) is 13.6. The molecule has 1 rings (SSSR count). The summed E-state index contributed by atoms with van der Waals surface area (Å²) in [4.78, 5) is 30.0. The maximum atomic E-state index is 11.8. The SMILES string of the molecule is CCC(CO)NC(=O)c1ccc(CNNC)cc1.O=C(O)C(=O)O. The molecule has 0 spiro atoms. The van der Waals surface area contributed by atoms with Crippen LogP contribution in [0.3, 0.4) is 0 Å². The van der Waals surface area contributed by atoms with Gasteiger partial charge in [-0.25, -0.2) is 9.59 Å². The molecule has 9 heteroatoms. The molecule has 1 aromatic carbocycles. The summed E-state index contributed by atoms with van der Waals surface area (Å²) < 4.78 is 0. The number of aliphatic hydroxyl groups is 1. The fourth-order valence-corrected chi connectivity index (χ4v) is 1.51. The highest BCUT2D eigenvalue weighted by atomic mass is 16.4. The number of rotatable bonds is 7. The van der Waals surface area contributed by atoms with Gasteiger partial charge in [-0.05, 0) is 31.2 Å². The highest BCUT2D eigenvalue weighted by molar-refractivity contribution is 6.27. The maximum Gasteiger partial charge on any atom is 0.414 e. The zero-order valence-electron chi connectivity index (χ0n) is 13.6. The molecule has 0 saturated heterocycles. The maximum absolute atomic E-state index is 11.8. The second kappa shape index (κ2) is 12.0. The molecular formula is C15H23N3O6. The smallest absolute Gasteiger partial charge is 0.414 e. The van der Waals surface area contributed by atoms with Gasteiger partial charge in [-0.3, -0.25) is 15.6 Å². The van der Waals surface area contributed by atoms with Gasteiger partial charge in [0.2, 0.25) is 0 Å². The van der Waals surface area contributed by atoms with E-state index < -0.39 is 11.9 Å². The number of carbonyl (C=O) groups excluding carboxylic acids is 1. The van der Waals surface area contributed by atoms with Crippen molar-refractivity contribution in [1.29, 1.82) is 0 Å². The minimum atomic E-state index is -1.82. The van der Waals surface area contributed by atoms with Crippen molar-refractivity contribution in [3.63, 3.8) is 0 Å². The molecule has 0 saturated carbocycles. The fourth-order valence-electron chi connectivity index (χ4n) is 1.51. The van der Waals surface area contributed by atoms with E-state index in [4.69, 9.17) is 24.9 Å². The minimum Gasteiger partial charge on any atom is -0.473 e. The number of hydrazine groups is 1. The Morgan fingerprint density at radius 1 is 1.08 bits per heavy atom. The first-order valence-corrected chi connectivity index (χ1v) is 7.22. The van der Waals surface area contributed by atoms with Crippen LogP contribution in [-0.4, -0.2) is 52.9 Å². The van der Waals surface area contributed by atoms with E-state index in [0.29, 0.717) is 18.5 Å². The van der Waals surface area contributed by atoms with Crippen LogP contribution < -0.4 is 16.2 Å². The van der Waals surface area contributed by atoms with Crippen molar-refractivity contribution in [1.82, 2.24) is 16.2 Å². The Kier molecular flexibility index (Phi) is 10.8. The number of hydrogen-bond donors (Lipinski definition) is 6. The third-order valence-electron chi connectivity index (χ3n) is 2.92. The van der Waals surface area contributed by atoms with Crippen LogP contribution in [0, 0.1) is 0 Å². The summed E-state index contributed by atoms with van der Waals surface area (Å²) in [5.74, 6) is -3.80. The van der Waals surface area contributed by atoms with E-state index in [-0.39, 0.29) is 18.6 Å². The van der Waals surface area contributed by atoms with Gasteiger partial charge in [0, 0.05) is 12.1 Å². The van der Waals surface area contributed by atoms with Crippen molar-refractivity contribution in [2.24, 2.45) is 0 Å². The van der Waals surface area contributed by atoms with Crippen LogP contribution in [0.5, 0.6) is 0 Å².